The Morgan fingerprint density at radius 2 is 0.830 bits per heavy atom. The summed E-state index contributed by atoms with van der Waals surface area (Å²) in [6.45, 7) is 0. The molecule has 248 valence electrons. The lowest BCUT2D eigenvalue weighted by molar-refractivity contribution is 0.450. The zero-order chi connectivity index (χ0) is 31.4. The number of fused-ring (bicyclic) bond motifs is 2. The summed E-state index contributed by atoms with van der Waals surface area (Å²) in [6, 6.07) is 28.5. The minimum atomic E-state index is -0.522. The van der Waals surface area contributed by atoms with Gasteiger partial charge in [-0.15, -0.1) is 0 Å². The van der Waals surface area contributed by atoms with Gasteiger partial charge >= 0.3 is 0 Å². The largest absolute Gasteiger partial charge is 0.473 e. The van der Waals surface area contributed by atoms with Crippen molar-refractivity contribution in [2.45, 2.75) is 151 Å². The standard InChI is InChI=1S/C44H56OP2/c1-5-19-35(20-6-1)46(36-21-7-2-8-22-36)42-32-30-34-18-14-16-28-40(34)44(42)43-39-27-15-13-17-33(39)29-31-41(43)45-47(37-23-9-3-10-24-37)38-25-11-4-12-26-38/h13-18,27-32,35-38H,1-12,19-26H2. The molecular weight excluding hydrogens is 606 g/mol. The normalized spacial score (nSPS) is 21.2. The fourth-order valence-electron chi connectivity index (χ4n) is 9.97. The first-order valence-electron chi connectivity index (χ1n) is 19.6. The fourth-order valence-corrected chi connectivity index (χ4v) is 17.0. The van der Waals surface area contributed by atoms with Gasteiger partial charge < -0.3 is 4.52 Å². The second kappa shape index (κ2) is 15.3. The highest BCUT2D eigenvalue weighted by molar-refractivity contribution is 7.67. The van der Waals surface area contributed by atoms with E-state index in [4.69, 9.17) is 4.52 Å². The molecule has 0 N–H and O–H groups in total. The highest BCUT2D eigenvalue weighted by atomic mass is 31.1. The molecule has 0 saturated heterocycles. The van der Waals surface area contributed by atoms with E-state index in [0.717, 1.165) is 22.6 Å². The molecule has 0 amide bonds. The summed E-state index contributed by atoms with van der Waals surface area (Å²) >= 11 is 0. The molecule has 0 unspecified atom stereocenters. The van der Waals surface area contributed by atoms with E-state index in [-0.39, 0.29) is 7.92 Å². The van der Waals surface area contributed by atoms with Crippen molar-refractivity contribution in [3.05, 3.63) is 72.8 Å². The van der Waals surface area contributed by atoms with Crippen LogP contribution in [0.25, 0.3) is 32.7 Å². The zero-order valence-corrected chi connectivity index (χ0v) is 30.5. The van der Waals surface area contributed by atoms with Gasteiger partial charge in [-0.2, -0.15) is 0 Å². The summed E-state index contributed by atoms with van der Waals surface area (Å²) in [5, 5.41) is 7.29. The first-order valence-corrected chi connectivity index (χ1v) is 22.5. The molecular formula is C44H56OP2. The maximum absolute atomic E-state index is 7.73. The van der Waals surface area contributed by atoms with Crippen LogP contribution in [0, 0.1) is 0 Å². The molecule has 47 heavy (non-hydrogen) atoms. The monoisotopic (exact) mass is 662 g/mol. The molecule has 4 fully saturated rings. The first-order chi connectivity index (χ1) is 23.3. The van der Waals surface area contributed by atoms with Crippen LogP contribution in [0.15, 0.2) is 72.8 Å². The maximum atomic E-state index is 7.73. The van der Waals surface area contributed by atoms with Gasteiger partial charge in [0, 0.05) is 22.4 Å². The molecule has 8 rings (SSSR count). The lowest BCUT2D eigenvalue weighted by Gasteiger charge is -2.40. The third-order valence-electron chi connectivity index (χ3n) is 12.3. The topological polar surface area (TPSA) is 9.23 Å². The van der Waals surface area contributed by atoms with E-state index < -0.39 is 8.15 Å². The van der Waals surface area contributed by atoms with Gasteiger partial charge in [-0.1, -0.05) is 152 Å². The maximum Gasteiger partial charge on any atom is 0.131 e. The van der Waals surface area contributed by atoms with Crippen LogP contribution in [0.3, 0.4) is 0 Å². The van der Waals surface area contributed by atoms with Crippen LogP contribution >= 0.6 is 16.1 Å². The van der Waals surface area contributed by atoms with Crippen molar-refractivity contribution in [3.63, 3.8) is 0 Å². The molecule has 0 bridgehead atoms. The number of rotatable bonds is 8. The van der Waals surface area contributed by atoms with Gasteiger partial charge in [-0.3, -0.25) is 0 Å². The predicted octanol–water partition coefficient (Wildman–Crippen LogP) is 13.9. The molecule has 0 aromatic heterocycles. The summed E-state index contributed by atoms with van der Waals surface area (Å²) in [5.41, 5.74) is 6.21. The Balaban J connectivity index is 1.34. The third kappa shape index (κ3) is 6.93. The van der Waals surface area contributed by atoms with Crippen LogP contribution in [0.1, 0.15) is 128 Å². The average molecular weight is 663 g/mol. The number of benzene rings is 4. The van der Waals surface area contributed by atoms with E-state index >= 15 is 0 Å². The van der Waals surface area contributed by atoms with Gasteiger partial charge in [0.2, 0.25) is 0 Å². The van der Waals surface area contributed by atoms with E-state index in [0.29, 0.717) is 0 Å². The van der Waals surface area contributed by atoms with Crippen molar-refractivity contribution < 1.29 is 4.52 Å². The fraction of sp³-hybridized carbons (Fsp3) is 0.545. The Kier molecular flexibility index (Phi) is 10.5. The summed E-state index contributed by atoms with van der Waals surface area (Å²) in [6.07, 6.45) is 28.2. The van der Waals surface area contributed by atoms with Crippen molar-refractivity contribution in [2.75, 3.05) is 0 Å². The predicted molar refractivity (Wildman–Crippen MR) is 208 cm³/mol. The van der Waals surface area contributed by atoms with Crippen LogP contribution in [0.5, 0.6) is 5.75 Å². The van der Waals surface area contributed by atoms with Crippen molar-refractivity contribution in [2.24, 2.45) is 0 Å². The number of hydrogen-bond donors (Lipinski definition) is 0. The third-order valence-corrected chi connectivity index (χ3v) is 18.8. The Morgan fingerprint density at radius 3 is 1.34 bits per heavy atom. The molecule has 0 atom stereocenters. The van der Waals surface area contributed by atoms with Crippen molar-refractivity contribution in [1.29, 1.82) is 0 Å². The van der Waals surface area contributed by atoms with E-state index in [1.54, 1.807) is 10.9 Å². The smallest absolute Gasteiger partial charge is 0.131 e. The Bertz CT molecular complexity index is 1590. The lowest BCUT2D eigenvalue weighted by atomic mass is 9.93. The Morgan fingerprint density at radius 1 is 0.404 bits per heavy atom. The highest BCUT2D eigenvalue weighted by Gasteiger charge is 2.37. The van der Waals surface area contributed by atoms with Gasteiger partial charge in [-0.05, 0) is 95.6 Å². The van der Waals surface area contributed by atoms with Gasteiger partial charge in [0.1, 0.15) is 5.75 Å². The highest BCUT2D eigenvalue weighted by Crippen LogP contribution is 2.60. The van der Waals surface area contributed by atoms with Crippen LogP contribution in [0.4, 0.5) is 0 Å². The van der Waals surface area contributed by atoms with E-state index in [1.165, 1.54) is 161 Å². The Labute approximate surface area is 287 Å². The molecule has 4 saturated carbocycles. The second-order valence-electron chi connectivity index (χ2n) is 15.4. The molecule has 0 radical (unpaired) electrons. The van der Waals surface area contributed by atoms with Crippen molar-refractivity contribution >= 4 is 42.9 Å². The molecule has 4 aliphatic carbocycles. The minimum absolute atomic E-state index is 0.272. The minimum Gasteiger partial charge on any atom is -0.473 e. The summed E-state index contributed by atoms with van der Waals surface area (Å²) in [4.78, 5) is 0. The molecule has 1 nitrogen and oxygen atoms in total. The molecule has 4 aromatic carbocycles. The van der Waals surface area contributed by atoms with E-state index in [1.807, 2.05) is 0 Å². The van der Waals surface area contributed by atoms with Gasteiger partial charge in [-0.25, -0.2) is 0 Å². The van der Waals surface area contributed by atoms with Gasteiger partial charge in [0.15, 0.2) is 0 Å². The molecule has 0 aliphatic heterocycles. The molecule has 4 aromatic rings. The van der Waals surface area contributed by atoms with Crippen molar-refractivity contribution in [3.8, 4) is 16.9 Å². The SMILES string of the molecule is c1ccc2c(-c3c(P(C4CCCCC4)C4CCCCC4)ccc4ccccc34)c(OP(C3CCCCC3)C3CCCCC3)ccc2c1. The molecule has 3 heteroatoms. The summed E-state index contributed by atoms with van der Waals surface area (Å²) in [5.74, 6) is 1.20. The number of hydrogen-bond acceptors (Lipinski definition) is 1. The van der Waals surface area contributed by atoms with Gasteiger partial charge in [0.25, 0.3) is 0 Å². The van der Waals surface area contributed by atoms with E-state index in [9.17, 15) is 0 Å². The lowest BCUT2D eigenvalue weighted by Crippen LogP contribution is -2.27. The second-order valence-corrected chi connectivity index (χ2v) is 20.5. The summed E-state index contributed by atoms with van der Waals surface area (Å²) in [7, 11) is -0.795. The van der Waals surface area contributed by atoms with Crippen LogP contribution in [0.2, 0.25) is 0 Å². The van der Waals surface area contributed by atoms with Crippen LogP contribution < -0.4 is 9.83 Å². The summed E-state index contributed by atoms with van der Waals surface area (Å²) < 4.78 is 7.73. The Hall–Kier alpha value is -1.94. The van der Waals surface area contributed by atoms with E-state index in [2.05, 4.69) is 72.8 Å². The first kappa shape index (κ1) is 32.3. The quantitative estimate of drug-likeness (QED) is 0.171. The molecule has 0 spiro atoms. The van der Waals surface area contributed by atoms with Crippen molar-refractivity contribution in [1.82, 2.24) is 0 Å². The van der Waals surface area contributed by atoms with Crippen LogP contribution in [-0.2, 0) is 0 Å². The average Bonchev–Trinajstić information content (AvgIpc) is 3.15. The van der Waals surface area contributed by atoms with Gasteiger partial charge in [0.05, 0.1) is 8.15 Å². The zero-order valence-electron chi connectivity index (χ0n) is 28.7. The molecule has 0 heterocycles. The van der Waals surface area contributed by atoms with Crippen LogP contribution in [-0.4, -0.2) is 22.6 Å². The molecule has 4 aliphatic rings.